The second kappa shape index (κ2) is 4.48. The van der Waals surface area contributed by atoms with Gasteiger partial charge in [-0.2, -0.15) is 0 Å². The van der Waals surface area contributed by atoms with Crippen LogP contribution in [0.5, 0.6) is 0 Å². The molecule has 1 amide bonds. The molecule has 1 atom stereocenters. The number of amides is 1. The third-order valence-corrected chi connectivity index (χ3v) is 4.24. The maximum atomic E-state index is 12.4. The number of nitrogens with two attached hydrogens (primary N) is 1. The van der Waals surface area contributed by atoms with E-state index in [2.05, 4.69) is 0 Å². The van der Waals surface area contributed by atoms with Crippen LogP contribution < -0.4 is 10.6 Å². The van der Waals surface area contributed by atoms with Gasteiger partial charge in [0.05, 0.1) is 23.1 Å². The van der Waals surface area contributed by atoms with Gasteiger partial charge in [-0.15, -0.1) is 11.8 Å². The molecule has 0 saturated carbocycles. The smallest absolute Gasteiger partial charge is 0.240 e. The molecule has 1 heterocycles. The molecule has 0 saturated heterocycles. The lowest BCUT2D eigenvalue weighted by atomic mass is 10.0. The molecule has 5 heteroatoms. The summed E-state index contributed by atoms with van der Waals surface area (Å²) >= 11 is 1.53. The zero-order valence-electron chi connectivity index (χ0n) is 10.8. The number of aliphatic hydroxyl groups is 1. The Kier molecular flexibility index (Phi) is 3.29. The highest BCUT2D eigenvalue weighted by atomic mass is 32.2. The van der Waals surface area contributed by atoms with E-state index in [1.54, 1.807) is 11.0 Å². The molecule has 1 aliphatic heterocycles. The summed E-state index contributed by atoms with van der Waals surface area (Å²) in [6.45, 7) is 5.48. The Morgan fingerprint density at radius 3 is 2.78 bits per heavy atom. The van der Waals surface area contributed by atoms with Crippen LogP contribution in [0.4, 0.5) is 11.4 Å². The van der Waals surface area contributed by atoms with Crippen molar-refractivity contribution >= 4 is 29.0 Å². The topological polar surface area (TPSA) is 66.6 Å². The second-order valence-corrected chi connectivity index (χ2v) is 6.51. The molecule has 4 nitrogen and oxygen atoms in total. The lowest BCUT2D eigenvalue weighted by Crippen LogP contribution is -2.54. The third kappa shape index (κ3) is 2.08. The molecule has 2 rings (SSSR count). The fourth-order valence-corrected chi connectivity index (χ4v) is 3.05. The van der Waals surface area contributed by atoms with Gasteiger partial charge in [0.2, 0.25) is 5.91 Å². The van der Waals surface area contributed by atoms with Gasteiger partial charge in [-0.25, -0.2) is 0 Å². The summed E-state index contributed by atoms with van der Waals surface area (Å²) in [6.07, 6.45) is 0. The number of hydrogen-bond acceptors (Lipinski definition) is 4. The Hall–Kier alpha value is -1.20. The summed E-state index contributed by atoms with van der Waals surface area (Å²) < 4.78 is 0. The number of aliphatic hydroxyl groups excluding tert-OH is 1. The minimum atomic E-state index is -0.630. The van der Waals surface area contributed by atoms with Crippen molar-refractivity contribution in [3.63, 3.8) is 0 Å². The molecule has 3 N–H and O–H groups in total. The number of hydrogen-bond donors (Lipinski definition) is 2. The number of anilines is 2. The average Bonchev–Trinajstić information content (AvgIpc) is 2.31. The van der Waals surface area contributed by atoms with E-state index >= 15 is 0 Å². The molecule has 0 aliphatic carbocycles. The molecular formula is C13H18N2O2S. The highest BCUT2D eigenvalue weighted by Crippen LogP contribution is 2.42. The molecule has 0 bridgehead atoms. The number of nitrogens with zero attached hydrogens (tertiary/aromatic N) is 1. The van der Waals surface area contributed by atoms with Crippen LogP contribution in [0.2, 0.25) is 0 Å². The molecule has 1 aromatic rings. The van der Waals surface area contributed by atoms with Crippen LogP contribution in [0, 0.1) is 0 Å². The molecule has 1 unspecified atom stereocenters. The van der Waals surface area contributed by atoms with Crippen LogP contribution in [-0.2, 0) is 4.79 Å². The SMILES string of the molecule is CC1Sc2ccc(N)cc2N(C(C)(C)CO)C1=O. The standard InChI is InChI=1S/C13H18N2O2S/c1-8-12(17)15(13(2,3)7-16)10-6-9(14)4-5-11(10)18-8/h4-6,8,16H,7,14H2,1-3H3. The zero-order valence-corrected chi connectivity index (χ0v) is 11.6. The molecule has 1 aliphatic rings. The average molecular weight is 266 g/mol. The minimum Gasteiger partial charge on any atom is -0.399 e. The van der Waals surface area contributed by atoms with E-state index in [9.17, 15) is 9.90 Å². The van der Waals surface area contributed by atoms with Gasteiger partial charge in [-0.05, 0) is 39.0 Å². The number of nitrogen functional groups attached to an aromatic ring is 1. The first-order valence-corrected chi connectivity index (χ1v) is 6.76. The van der Waals surface area contributed by atoms with Gasteiger partial charge < -0.3 is 15.7 Å². The van der Waals surface area contributed by atoms with E-state index in [0.717, 1.165) is 10.6 Å². The van der Waals surface area contributed by atoms with E-state index in [1.807, 2.05) is 32.9 Å². The van der Waals surface area contributed by atoms with Crippen LogP contribution in [0.1, 0.15) is 20.8 Å². The van der Waals surface area contributed by atoms with Crippen molar-refractivity contribution in [2.75, 3.05) is 17.2 Å². The predicted octanol–water partition coefficient (Wildman–Crippen LogP) is 1.87. The van der Waals surface area contributed by atoms with Gasteiger partial charge >= 0.3 is 0 Å². The Morgan fingerprint density at radius 1 is 1.50 bits per heavy atom. The van der Waals surface area contributed by atoms with Crippen molar-refractivity contribution in [1.82, 2.24) is 0 Å². The van der Waals surface area contributed by atoms with Crippen molar-refractivity contribution in [3.8, 4) is 0 Å². The molecule has 0 fully saturated rings. The molecule has 0 aromatic heterocycles. The molecule has 18 heavy (non-hydrogen) atoms. The van der Waals surface area contributed by atoms with Crippen molar-refractivity contribution < 1.29 is 9.90 Å². The van der Waals surface area contributed by atoms with E-state index in [-0.39, 0.29) is 17.8 Å². The fraction of sp³-hybridized carbons (Fsp3) is 0.462. The van der Waals surface area contributed by atoms with Gasteiger partial charge in [-0.3, -0.25) is 4.79 Å². The van der Waals surface area contributed by atoms with Gasteiger partial charge in [0.25, 0.3) is 0 Å². The first-order chi connectivity index (χ1) is 8.36. The van der Waals surface area contributed by atoms with Crippen molar-refractivity contribution in [1.29, 1.82) is 0 Å². The van der Waals surface area contributed by atoms with Crippen molar-refractivity contribution in [3.05, 3.63) is 18.2 Å². The van der Waals surface area contributed by atoms with Crippen molar-refractivity contribution in [2.24, 2.45) is 0 Å². The van der Waals surface area contributed by atoms with E-state index in [4.69, 9.17) is 5.73 Å². The second-order valence-electron chi connectivity index (χ2n) is 5.13. The lowest BCUT2D eigenvalue weighted by Gasteiger charge is -2.42. The van der Waals surface area contributed by atoms with Gasteiger partial charge in [0, 0.05) is 10.6 Å². The zero-order chi connectivity index (χ0) is 13.5. The summed E-state index contributed by atoms with van der Waals surface area (Å²) in [5.74, 6) is 0.0113. The monoisotopic (exact) mass is 266 g/mol. The summed E-state index contributed by atoms with van der Waals surface area (Å²) in [5.41, 5.74) is 6.58. The van der Waals surface area contributed by atoms with Crippen LogP contribution in [-0.4, -0.2) is 28.4 Å². The van der Waals surface area contributed by atoms with E-state index in [1.165, 1.54) is 11.8 Å². The molecule has 0 spiro atoms. The molecular weight excluding hydrogens is 248 g/mol. The number of carbonyl (C=O) groups excluding carboxylic acids is 1. The maximum absolute atomic E-state index is 12.4. The normalized spacial score (nSPS) is 19.9. The highest BCUT2D eigenvalue weighted by molar-refractivity contribution is 8.01. The van der Waals surface area contributed by atoms with E-state index in [0.29, 0.717) is 5.69 Å². The fourth-order valence-electron chi connectivity index (χ4n) is 2.05. The van der Waals surface area contributed by atoms with E-state index < -0.39 is 5.54 Å². The minimum absolute atomic E-state index is 0.0113. The number of thioether (sulfide) groups is 1. The summed E-state index contributed by atoms with van der Waals surface area (Å²) in [7, 11) is 0. The highest BCUT2D eigenvalue weighted by Gasteiger charge is 2.39. The number of fused-ring (bicyclic) bond motifs is 1. The van der Waals surface area contributed by atoms with Crippen LogP contribution in [0.25, 0.3) is 0 Å². The summed E-state index contributed by atoms with van der Waals surface area (Å²) in [6, 6.07) is 5.56. The molecule has 98 valence electrons. The molecule has 1 aromatic carbocycles. The first-order valence-electron chi connectivity index (χ1n) is 5.88. The summed E-state index contributed by atoms with van der Waals surface area (Å²) in [5, 5.41) is 9.37. The Labute approximate surface area is 111 Å². The summed E-state index contributed by atoms with van der Waals surface area (Å²) in [4.78, 5) is 15.1. The Balaban J connectivity index is 2.58. The lowest BCUT2D eigenvalue weighted by molar-refractivity contribution is -0.119. The van der Waals surface area contributed by atoms with Crippen LogP contribution >= 0.6 is 11.8 Å². The quantitative estimate of drug-likeness (QED) is 0.802. The number of rotatable bonds is 2. The first kappa shape index (κ1) is 13.2. The number of carbonyl (C=O) groups is 1. The third-order valence-electron chi connectivity index (χ3n) is 3.09. The Morgan fingerprint density at radius 2 is 2.17 bits per heavy atom. The van der Waals surface area contributed by atoms with Gasteiger partial charge in [0.15, 0.2) is 0 Å². The van der Waals surface area contributed by atoms with Crippen molar-refractivity contribution in [2.45, 2.75) is 36.5 Å². The predicted molar refractivity (Wildman–Crippen MR) is 74.8 cm³/mol. The Bertz CT molecular complexity index is 488. The molecule has 0 radical (unpaired) electrons. The maximum Gasteiger partial charge on any atom is 0.240 e. The van der Waals surface area contributed by atoms with Crippen LogP contribution in [0.3, 0.4) is 0 Å². The number of benzene rings is 1. The largest absolute Gasteiger partial charge is 0.399 e. The van der Waals surface area contributed by atoms with Gasteiger partial charge in [0.1, 0.15) is 0 Å². The van der Waals surface area contributed by atoms with Gasteiger partial charge in [-0.1, -0.05) is 0 Å². The van der Waals surface area contributed by atoms with Crippen LogP contribution in [0.15, 0.2) is 23.1 Å².